The Hall–Kier alpha value is -0.920. The molecule has 0 unspecified atom stereocenters. The maximum absolute atomic E-state index is 12.2. The lowest BCUT2D eigenvalue weighted by atomic mass is 9.81. The standard InChI is InChI=1S/C12H23N3O3S/c1-8(2)12(4,5)7-13-19(17,18)11-10(6-16)9(3)14-15-11/h8,13,16H,6-7H2,1-5H3,(H,14,15). The van der Waals surface area contributed by atoms with Crippen molar-refractivity contribution in [2.75, 3.05) is 6.54 Å². The van der Waals surface area contributed by atoms with Gasteiger partial charge in [-0.2, -0.15) is 5.10 Å². The third kappa shape index (κ3) is 3.55. The highest BCUT2D eigenvalue weighted by atomic mass is 32.2. The fraction of sp³-hybridized carbons (Fsp3) is 0.750. The van der Waals surface area contributed by atoms with Crippen molar-refractivity contribution in [1.82, 2.24) is 14.9 Å². The number of aromatic nitrogens is 2. The molecule has 1 rings (SSSR count). The first-order valence-electron chi connectivity index (χ1n) is 6.26. The van der Waals surface area contributed by atoms with Gasteiger partial charge in [-0.05, 0) is 18.3 Å². The summed E-state index contributed by atoms with van der Waals surface area (Å²) >= 11 is 0. The molecule has 0 fully saturated rings. The number of nitrogens with zero attached hydrogens (tertiary/aromatic N) is 1. The highest BCUT2D eigenvalue weighted by Crippen LogP contribution is 2.25. The summed E-state index contributed by atoms with van der Waals surface area (Å²) in [5.41, 5.74) is 0.721. The van der Waals surface area contributed by atoms with Gasteiger partial charge in [-0.25, -0.2) is 13.1 Å². The minimum Gasteiger partial charge on any atom is -0.392 e. The van der Waals surface area contributed by atoms with Crippen LogP contribution >= 0.6 is 0 Å². The molecule has 1 aromatic heterocycles. The lowest BCUT2D eigenvalue weighted by Crippen LogP contribution is -2.37. The summed E-state index contributed by atoms with van der Waals surface area (Å²) in [6.07, 6.45) is 0. The first-order chi connectivity index (χ1) is 8.62. The maximum Gasteiger partial charge on any atom is 0.260 e. The predicted molar refractivity (Wildman–Crippen MR) is 73.1 cm³/mol. The SMILES string of the molecule is Cc1[nH]nc(S(=O)(=O)NCC(C)(C)C(C)C)c1CO. The van der Waals surface area contributed by atoms with Crippen molar-refractivity contribution >= 4 is 10.0 Å². The summed E-state index contributed by atoms with van der Waals surface area (Å²) in [6.45, 7) is 9.75. The topological polar surface area (TPSA) is 95.1 Å². The van der Waals surface area contributed by atoms with Crippen molar-refractivity contribution in [1.29, 1.82) is 0 Å². The Balaban J connectivity index is 2.94. The lowest BCUT2D eigenvalue weighted by molar-refractivity contribution is 0.252. The normalized spacial score (nSPS) is 13.2. The van der Waals surface area contributed by atoms with Gasteiger partial charge in [0.2, 0.25) is 0 Å². The van der Waals surface area contributed by atoms with Crippen LogP contribution < -0.4 is 4.72 Å². The second-order valence-electron chi connectivity index (χ2n) is 5.76. The Morgan fingerprint density at radius 1 is 1.42 bits per heavy atom. The second-order valence-corrected chi connectivity index (χ2v) is 7.44. The summed E-state index contributed by atoms with van der Waals surface area (Å²) in [6, 6.07) is 0. The molecule has 0 saturated heterocycles. The van der Waals surface area contributed by atoms with Crippen molar-refractivity contribution < 1.29 is 13.5 Å². The van der Waals surface area contributed by atoms with Crippen molar-refractivity contribution in [2.24, 2.45) is 11.3 Å². The maximum atomic E-state index is 12.2. The minimum absolute atomic E-state index is 0.118. The molecule has 0 spiro atoms. The molecule has 1 heterocycles. The number of aryl methyl sites for hydroxylation is 1. The van der Waals surface area contributed by atoms with Gasteiger partial charge in [0.15, 0.2) is 5.03 Å². The molecule has 0 bridgehead atoms. The van der Waals surface area contributed by atoms with Gasteiger partial charge < -0.3 is 5.11 Å². The average molecular weight is 289 g/mol. The van der Waals surface area contributed by atoms with Crippen LogP contribution in [0.4, 0.5) is 0 Å². The molecule has 0 aliphatic rings. The molecular weight excluding hydrogens is 266 g/mol. The van der Waals surface area contributed by atoms with Gasteiger partial charge >= 0.3 is 0 Å². The number of H-pyrrole nitrogens is 1. The molecule has 1 aromatic rings. The molecule has 19 heavy (non-hydrogen) atoms. The third-order valence-electron chi connectivity index (χ3n) is 3.73. The number of aliphatic hydroxyl groups excluding tert-OH is 1. The van der Waals surface area contributed by atoms with E-state index < -0.39 is 10.0 Å². The molecule has 0 atom stereocenters. The van der Waals surface area contributed by atoms with Crippen molar-refractivity contribution in [3.8, 4) is 0 Å². The van der Waals surface area contributed by atoms with Crippen LogP contribution in [0, 0.1) is 18.3 Å². The van der Waals surface area contributed by atoms with Gasteiger partial charge in [-0.3, -0.25) is 5.10 Å². The van der Waals surface area contributed by atoms with E-state index >= 15 is 0 Å². The summed E-state index contributed by atoms with van der Waals surface area (Å²) in [7, 11) is -3.70. The van der Waals surface area contributed by atoms with Crippen LogP contribution in [-0.4, -0.2) is 30.3 Å². The molecule has 0 aliphatic carbocycles. The molecule has 110 valence electrons. The van der Waals surface area contributed by atoms with E-state index in [0.717, 1.165) is 0 Å². The zero-order valence-electron chi connectivity index (χ0n) is 12.1. The minimum atomic E-state index is -3.70. The Kier molecular flexibility index (Phi) is 4.76. The van der Waals surface area contributed by atoms with Crippen LogP contribution in [-0.2, 0) is 16.6 Å². The number of hydrogen-bond acceptors (Lipinski definition) is 4. The van der Waals surface area contributed by atoms with Crippen LogP contribution in [0.2, 0.25) is 0 Å². The van der Waals surface area contributed by atoms with Crippen LogP contribution in [0.25, 0.3) is 0 Å². The van der Waals surface area contributed by atoms with Gasteiger partial charge in [0.25, 0.3) is 10.0 Å². The lowest BCUT2D eigenvalue weighted by Gasteiger charge is -2.29. The van der Waals surface area contributed by atoms with E-state index in [1.807, 2.05) is 27.7 Å². The van der Waals surface area contributed by atoms with Crippen LogP contribution in [0.1, 0.15) is 39.0 Å². The molecule has 3 N–H and O–H groups in total. The van der Waals surface area contributed by atoms with Crippen LogP contribution in [0.15, 0.2) is 5.03 Å². The molecule has 0 aromatic carbocycles. The summed E-state index contributed by atoms with van der Waals surface area (Å²) in [4.78, 5) is 0. The number of nitrogens with one attached hydrogen (secondary N) is 2. The quantitative estimate of drug-likeness (QED) is 0.732. The first kappa shape index (κ1) is 16.1. The monoisotopic (exact) mass is 289 g/mol. The number of aromatic amines is 1. The Morgan fingerprint density at radius 3 is 2.47 bits per heavy atom. The molecule has 0 aliphatic heterocycles. The van der Waals surface area contributed by atoms with E-state index in [1.54, 1.807) is 6.92 Å². The number of hydrogen-bond donors (Lipinski definition) is 3. The fourth-order valence-electron chi connectivity index (χ4n) is 1.39. The Morgan fingerprint density at radius 2 is 2.00 bits per heavy atom. The fourth-order valence-corrected chi connectivity index (χ4v) is 2.80. The molecule has 0 radical (unpaired) electrons. The molecular formula is C12H23N3O3S. The molecule has 0 amide bonds. The van der Waals surface area contributed by atoms with Crippen molar-refractivity contribution in [3.05, 3.63) is 11.3 Å². The molecule has 7 heteroatoms. The van der Waals surface area contributed by atoms with E-state index in [2.05, 4.69) is 14.9 Å². The first-order valence-corrected chi connectivity index (χ1v) is 7.74. The summed E-state index contributed by atoms with van der Waals surface area (Å²) in [5.74, 6) is 0.341. The Labute approximate surface area is 114 Å². The predicted octanol–water partition coefficient (Wildman–Crippen LogP) is 1.17. The molecule has 6 nitrogen and oxygen atoms in total. The van der Waals surface area contributed by atoms with Gasteiger partial charge in [0.05, 0.1) is 6.61 Å². The van der Waals surface area contributed by atoms with E-state index in [0.29, 0.717) is 23.7 Å². The summed E-state index contributed by atoms with van der Waals surface area (Å²) < 4.78 is 26.9. The second kappa shape index (κ2) is 5.60. The average Bonchev–Trinajstić information content (AvgIpc) is 2.68. The Bertz CT molecular complexity index is 532. The van der Waals surface area contributed by atoms with Gasteiger partial charge in [-0.1, -0.05) is 27.7 Å². The number of sulfonamides is 1. The van der Waals surface area contributed by atoms with Crippen LogP contribution in [0.5, 0.6) is 0 Å². The highest BCUT2D eigenvalue weighted by molar-refractivity contribution is 7.89. The smallest absolute Gasteiger partial charge is 0.260 e. The number of aliphatic hydroxyl groups is 1. The third-order valence-corrected chi connectivity index (χ3v) is 5.10. The van der Waals surface area contributed by atoms with Crippen molar-refractivity contribution in [3.63, 3.8) is 0 Å². The van der Waals surface area contributed by atoms with Crippen LogP contribution in [0.3, 0.4) is 0 Å². The van der Waals surface area contributed by atoms with Gasteiger partial charge in [0, 0.05) is 17.8 Å². The van der Waals surface area contributed by atoms with E-state index in [4.69, 9.17) is 0 Å². The van der Waals surface area contributed by atoms with E-state index in [1.165, 1.54) is 0 Å². The summed E-state index contributed by atoms with van der Waals surface area (Å²) in [5, 5.41) is 15.5. The largest absolute Gasteiger partial charge is 0.392 e. The van der Waals surface area contributed by atoms with E-state index in [-0.39, 0.29) is 17.0 Å². The number of rotatable bonds is 6. The van der Waals surface area contributed by atoms with Gasteiger partial charge in [0.1, 0.15) is 0 Å². The van der Waals surface area contributed by atoms with Gasteiger partial charge in [-0.15, -0.1) is 0 Å². The van der Waals surface area contributed by atoms with E-state index in [9.17, 15) is 13.5 Å². The zero-order chi connectivity index (χ0) is 14.8. The molecule has 0 saturated carbocycles. The van der Waals surface area contributed by atoms with Crippen molar-refractivity contribution in [2.45, 2.75) is 46.3 Å². The zero-order valence-corrected chi connectivity index (χ0v) is 12.9. The highest BCUT2D eigenvalue weighted by Gasteiger charge is 2.28.